The first kappa shape index (κ1) is 17.0. The van der Waals surface area contributed by atoms with Gasteiger partial charge in [0.05, 0.1) is 16.8 Å². The van der Waals surface area contributed by atoms with Gasteiger partial charge in [-0.25, -0.2) is 4.79 Å². The molecule has 21 heavy (non-hydrogen) atoms. The number of carboxylic acids is 1. The van der Waals surface area contributed by atoms with E-state index in [1.165, 1.54) is 0 Å². The average Bonchev–Trinajstić information content (AvgIpc) is 2.35. The molecule has 0 aromatic heterocycles. The summed E-state index contributed by atoms with van der Waals surface area (Å²) in [4.78, 5) is 22.7. The zero-order chi connectivity index (χ0) is 16.2. The zero-order valence-electron chi connectivity index (χ0n) is 11.6. The monoisotopic (exact) mass is 303 g/mol. The van der Waals surface area contributed by atoms with Gasteiger partial charge in [0.1, 0.15) is 0 Å². The summed E-state index contributed by atoms with van der Waals surface area (Å²) < 4.78 is 37.7. The minimum absolute atomic E-state index is 0.135. The van der Waals surface area contributed by atoms with E-state index in [9.17, 15) is 22.8 Å². The number of anilines is 1. The van der Waals surface area contributed by atoms with Crippen LogP contribution in [0.25, 0.3) is 0 Å². The molecule has 7 heteroatoms. The van der Waals surface area contributed by atoms with Crippen molar-refractivity contribution in [3.63, 3.8) is 0 Å². The molecule has 116 valence electrons. The van der Waals surface area contributed by atoms with E-state index in [1.807, 2.05) is 13.8 Å². The maximum absolute atomic E-state index is 12.6. The fraction of sp³-hybridized carbons (Fsp3) is 0.429. The molecule has 0 heterocycles. The highest BCUT2D eigenvalue weighted by atomic mass is 19.4. The van der Waals surface area contributed by atoms with E-state index < -0.39 is 29.2 Å². The van der Waals surface area contributed by atoms with Crippen LogP contribution in [0.2, 0.25) is 0 Å². The predicted molar refractivity (Wildman–Crippen MR) is 71.1 cm³/mol. The lowest BCUT2D eigenvalue weighted by atomic mass is 10.1. The number of hydrogen-bond donors (Lipinski definition) is 2. The van der Waals surface area contributed by atoms with Crippen molar-refractivity contribution in [3.8, 4) is 0 Å². The van der Waals surface area contributed by atoms with Crippen LogP contribution in [0.1, 0.15) is 42.6 Å². The van der Waals surface area contributed by atoms with Gasteiger partial charge in [0.25, 0.3) is 0 Å². The zero-order valence-corrected chi connectivity index (χ0v) is 11.6. The van der Waals surface area contributed by atoms with Gasteiger partial charge in [0.15, 0.2) is 0 Å². The van der Waals surface area contributed by atoms with Crippen molar-refractivity contribution in [2.45, 2.75) is 32.9 Å². The van der Waals surface area contributed by atoms with Crippen molar-refractivity contribution in [1.82, 2.24) is 0 Å². The van der Waals surface area contributed by atoms with Crippen LogP contribution in [0.3, 0.4) is 0 Å². The quantitative estimate of drug-likeness (QED) is 0.870. The topological polar surface area (TPSA) is 66.4 Å². The molecule has 1 aromatic carbocycles. The van der Waals surface area contributed by atoms with E-state index >= 15 is 0 Å². The van der Waals surface area contributed by atoms with Crippen molar-refractivity contribution >= 4 is 17.6 Å². The van der Waals surface area contributed by atoms with E-state index in [0.717, 1.165) is 12.1 Å². The molecule has 2 N–H and O–H groups in total. The van der Waals surface area contributed by atoms with Gasteiger partial charge in [-0.15, -0.1) is 0 Å². The lowest BCUT2D eigenvalue weighted by Gasteiger charge is -2.12. The van der Waals surface area contributed by atoms with E-state index in [4.69, 9.17) is 5.11 Å². The maximum atomic E-state index is 12.6. The third-order valence-electron chi connectivity index (χ3n) is 2.80. The minimum atomic E-state index is -4.63. The van der Waals surface area contributed by atoms with Gasteiger partial charge in [-0.2, -0.15) is 13.2 Å². The van der Waals surface area contributed by atoms with Crippen LogP contribution in [-0.2, 0) is 11.0 Å². The fourth-order valence-electron chi connectivity index (χ4n) is 1.64. The van der Waals surface area contributed by atoms with Crippen LogP contribution in [0.5, 0.6) is 0 Å². The Balaban J connectivity index is 2.97. The summed E-state index contributed by atoms with van der Waals surface area (Å²) in [7, 11) is 0. The van der Waals surface area contributed by atoms with Crippen LogP contribution in [0.4, 0.5) is 18.9 Å². The number of aromatic carboxylic acids is 1. The second-order valence-electron chi connectivity index (χ2n) is 5.04. The second kappa shape index (κ2) is 6.60. The Kier molecular flexibility index (Phi) is 5.34. The van der Waals surface area contributed by atoms with Crippen molar-refractivity contribution in [3.05, 3.63) is 29.3 Å². The molecule has 0 spiro atoms. The number of carbonyl (C=O) groups is 2. The number of carboxylic acid groups (broad SMARTS) is 1. The SMILES string of the molecule is CC(C)CCC(=O)Nc1ccc(C(F)(F)F)cc1C(=O)O. The summed E-state index contributed by atoms with van der Waals surface area (Å²) in [6, 6.07) is 2.21. The fourth-order valence-corrected chi connectivity index (χ4v) is 1.64. The van der Waals surface area contributed by atoms with E-state index in [2.05, 4.69) is 5.32 Å². The number of hydrogen-bond acceptors (Lipinski definition) is 2. The largest absolute Gasteiger partial charge is 0.478 e. The molecule has 0 fully saturated rings. The maximum Gasteiger partial charge on any atom is 0.416 e. The summed E-state index contributed by atoms with van der Waals surface area (Å²) in [5.74, 6) is -1.66. The summed E-state index contributed by atoms with van der Waals surface area (Å²) in [6.07, 6.45) is -3.85. The number of amides is 1. The van der Waals surface area contributed by atoms with Gasteiger partial charge >= 0.3 is 12.1 Å². The molecule has 0 saturated heterocycles. The third kappa shape index (κ3) is 5.09. The number of rotatable bonds is 5. The second-order valence-corrected chi connectivity index (χ2v) is 5.04. The smallest absolute Gasteiger partial charge is 0.416 e. The number of carbonyl (C=O) groups excluding carboxylic acids is 1. The molecular weight excluding hydrogens is 287 g/mol. The molecule has 0 atom stereocenters. The minimum Gasteiger partial charge on any atom is -0.478 e. The molecule has 0 aliphatic heterocycles. The Morgan fingerprint density at radius 3 is 2.38 bits per heavy atom. The van der Waals surface area contributed by atoms with Crippen molar-refractivity contribution in [1.29, 1.82) is 0 Å². The lowest BCUT2D eigenvalue weighted by molar-refractivity contribution is -0.137. The number of nitrogens with one attached hydrogen (secondary N) is 1. The van der Waals surface area contributed by atoms with E-state index in [1.54, 1.807) is 0 Å². The molecular formula is C14H16F3NO3. The normalized spacial score (nSPS) is 11.5. The summed E-state index contributed by atoms with van der Waals surface area (Å²) in [6.45, 7) is 3.85. The van der Waals surface area contributed by atoms with Crippen molar-refractivity contribution in [2.24, 2.45) is 5.92 Å². The van der Waals surface area contributed by atoms with Gasteiger partial charge in [0, 0.05) is 6.42 Å². The van der Waals surface area contributed by atoms with E-state index in [-0.39, 0.29) is 12.1 Å². The van der Waals surface area contributed by atoms with Crippen molar-refractivity contribution < 1.29 is 27.9 Å². The molecule has 0 bridgehead atoms. The van der Waals surface area contributed by atoms with Gasteiger partial charge in [-0.3, -0.25) is 4.79 Å². The van der Waals surface area contributed by atoms with Gasteiger partial charge in [-0.1, -0.05) is 13.8 Å². The average molecular weight is 303 g/mol. The van der Waals surface area contributed by atoms with E-state index in [0.29, 0.717) is 18.4 Å². The van der Waals surface area contributed by atoms with Crippen LogP contribution < -0.4 is 5.32 Å². The van der Waals surface area contributed by atoms with Crippen molar-refractivity contribution in [2.75, 3.05) is 5.32 Å². The van der Waals surface area contributed by atoms with Gasteiger partial charge < -0.3 is 10.4 Å². The molecule has 1 rings (SSSR count). The molecule has 0 aliphatic carbocycles. The Morgan fingerprint density at radius 2 is 1.90 bits per heavy atom. The van der Waals surface area contributed by atoms with Crippen LogP contribution in [0.15, 0.2) is 18.2 Å². The molecule has 1 amide bonds. The third-order valence-corrected chi connectivity index (χ3v) is 2.80. The first-order chi connectivity index (χ1) is 9.61. The van der Waals surface area contributed by atoms with Crippen LogP contribution in [0, 0.1) is 5.92 Å². The molecule has 1 aromatic rings. The Hall–Kier alpha value is -2.05. The molecule has 0 saturated carbocycles. The summed E-state index contributed by atoms with van der Waals surface area (Å²) in [5, 5.41) is 11.3. The molecule has 4 nitrogen and oxygen atoms in total. The predicted octanol–water partition coefficient (Wildman–Crippen LogP) is 3.78. The molecule has 0 aliphatic rings. The number of halogens is 3. The van der Waals surface area contributed by atoms with Crippen LogP contribution in [-0.4, -0.2) is 17.0 Å². The standard InChI is InChI=1S/C14H16F3NO3/c1-8(2)3-6-12(19)18-11-5-4-9(14(15,16)17)7-10(11)13(20)21/h4-5,7-8H,3,6H2,1-2H3,(H,18,19)(H,20,21). The highest BCUT2D eigenvalue weighted by Gasteiger charge is 2.32. The van der Waals surface area contributed by atoms with Crippen LogP contribution >= 0.6 is 0 Å². The summed E-state index contributed by atoms with van der Waals surface area (Å²) >= 11 is 0. The molecule has 0 radical (unpaired) electrons. The first-order valence-corrected chi connectivity index (χ1v) is 6.35. The lowest BCUT2D eigenvalue weighted by Crippen LogP contribution is -2.16. The highest BCUT2D eigenvalue weighted by Crippen LogP contribution is 2.32. The molecule has 0 unspecified atom stereocenters. The van der Waals surface area contributed by atoms with Gasteiger partial charge in [-0.05, 0) is 30.5 Å². The highest BCUT2D eigenvalue weighted by molar-refractivity contribution is 6.00. The Bertz CT molecular complexity index is 539. The first-order valence-electron chi connectivity index (χ1n) is 6.35. The van der Waals surface area contributed by atoms with Gasteiger partial charge in [0.2, 0.25) is 5.91 Å². The Labute approximate surface area is 120 Å². The number of alkyl halides is 3. The Morgan fingerprint density at radius 1 is 1.29 bits per heavy atom. The number of benzene rings is 1. The summed E-state index contributed by atoms with van der Waals surface area (Å²) in [5.41, 5.74) is -1.79.